The van der Waals surface area contributed by atoms with Gasteiger partial charge in [-0.25, -0.2) is 4.98 Å². The monoisotopic (exact) mass is 305 g/mol. The topological polar surface area (TPSA) is 77.0 Å². The minimum atomic E-state index is -0.0508. The van der Waals surface area contributed by atoms with Crippen molar-refractivity contribution >= 4 is 23.3 Å². The summed E-state index contributed by atoms with van der Waals surface area (Å²) in [6.07, 6.45) is 5.10. The number of nitrogen functional groups attached to an aromatic ring is 1. The molecule has 2 N–H and O–H groups in total. The fourth-order valence-electron chi connectivity index (χ4n) is 2.55. The van der Waals surface area contributed by atoms with Crippen molar-refractivity contribution in [1.29, 1.82) is 0 Å². The number of aromatic nitrogens is 3. The van der Waals surface area contributed by atoms with Gasteiger partial charge < -0.3 is 10.6 Å². The van der Waals surface area contributed by atoms with Gasteiger partial charge in [-0.05, 0) is 31.0 Å². The highest BCUT2D eigenvalue weighted by Crippen LogP contribution is 2.23. The van der Waals surface area contributed by atoms with E-state index in [4.69, 9.17) is 17.3 Å². The number of carbonyl (C=O) groups excluding carboxylic acids is 1. The number of rotatable bonds is 2. The molecule has 3 rings (SSSR count). The summed E-state index contributed by atoms with van der Waals surface area (Å²) in [7, 11) is 0. The fraction of sp³-hybridized carbons (Fsp3) is 0.357. The molecule has 110 valence electrons. The van der Waals surface area contributed by atoms with Gasteiger partial charge in [0.1, 0.15) is 11.5 Å². The van der Waals surface area contributed by atoms with Gasteiger partial charge in [-0.1, -0.05) is 11.6 Å². The second-order valence-electron chi connectivity index (χ2n) is 5.11. The lowest BCUT2D eigenvalue weighted by molar-refractivity contribution is 0.0684. The quantitative estimate of drug-likeness (QED) is 0.920. The van der Waals surface area contributed by atoms with Gasteiger partial charge >= 0.3 is 0 Å². The van der Waals surface area contributed by atoms with Crippen molar-refractivity contribution in [2.24, 2.45) is 0 Å². The maximum Gasteiger partial charge on any atom is 0.272 e. The van der Waals surface area contributed by atoms with E-state index in [1.54, 1.807) is 18.2 Å². The molecule has 1 amide bonds. The first-order chi connectivity index (χ1) is 10.1. The van der Waals surface area contributed by atoms with Crippen molar-refractivity contribution in [3.8, 4) is 0 Å². The molecule has 2 aromatic rings. The van der Waals surface area contributed by atoms with Crippen LogP contribution < -0.4 is 5.73 Å². The van der Waals surface area contributed by atoms with Crippen molar-refractivity contribution in [2.45, 2.75) is 18.9 Å². The summed E-state index contributed by atoms with van der Waals surface area (Å²) in [5.41, 5.74) is 6.07. The summed E-state index contributed by atoms with van der Waals surface area (Å²) in [6.45, 7) is 1.38. The molecule has 0 radical (unpaired) electrons. The molecule has 0 spiro atoms. The van der Waals surface area contributed by atoms with Crippen LogP contribution in [0.3, 0.4) is 0 Å². The minimum absolute atomic E-state index is 0.0508. The minimum Gasteiger partial charge on any atom is -0.382 e. The summed E-state index contributed by atoms with van der Waals surface area (Å²) in [5.74, 6) is 0.476. The molecule has 0 bridgehead atoms. The van der Waals surface area contributed by atoms with Crippen LogP contribution in [0.4, 0.5) is 5.82 Å². The van der Waals surface area contributed by atoms with E-state index < -0.39 is 0 Å². The van der Waals surface area contributed by atoms with Crippen LogP contribution >= 0.6 is 11.6 Å². The summed E-state index contributed by atoms with van der Waals surface area (Å²) >= 11 is 5.78. The third-order valence-electron chi connectivity index (χ3n) is 3.70. The predicted octanol–water partition coefficient (Wildman–Crippen LogP) is 1.99. The molecule has 3 heterocycles. The Labute approximate surface area is 127 Å². The van der Waals surface area contributed by atoms with Crippen molar-refractivity contribution < 1.29 is 4.79 Å². The van der Waals surface area contributed by atoms with Crippen molar-refractivity contribution in [3.63, 3.8) is 0 Å². The van der Waals surface area contributed by atoms with E-state index in [1.165, 1.54) is 6.20 Å². The Kier molecular flexibility index (Phi) is 3.79. The SMILES string of the molecule is Nc1ccn(C2CCN(C(=O)c3ccc(Cl)cn3)CC2)n1. The molecule has 7 heteroatoms. The first-order valence-corrected chi connectivity index (χ1v) is 7.23. The Morgan fingerprint density at radius 2 is 2.05 bits per heavy atom. The molecular formula is C14H16ClN5O. The Hall–Kier alpha value is -2.08. The molecule has 2 aromatic heterocycles. The molecule has 0 unspecified atom stereocenters. The number of piperidine rings is 1. The number of hydrogen-bond donors (Lipinski definition) is 1. The molecule has 21 heavy (non-hydrogen) atoms. The molecule has 1 fully saturated rings. The van der Waals surface area contributed by atoms with Gasteiger partial charge in [0.05, 0.1) is 11.1 Å². The second-order valence-corrected chi connectivity index (χ2v) is 5.54. The van der Waals surface area contributed by atoms with Crippen LogP contribution in [0.15, 0.2) is 30.6 Å². The van der Waals surface area contributed by atoms with Crippen molar-refractivity contribution in [2.75, 3.05) is 18.8 Å². The first kappa shape index (κ1) is 13.9. The third kappa shape index (κ3) is 3.00. The standard InChI is InChI=1S/C14H16ClN5O/c15-10-1-2-12(17-9-10)14(21)19-6-3-11(4-7-19)20-8-5-13(16)18-20/h1-2,5,8-9,11H,3-4,6-7H2,(H2,16,18). The van der Waals surface area contributed by atoms with Crippen LogP contribution in [0.2, 0.25) is 5.02 Å². The van der Waals surface area contributed by atoms with E-state index in [9.17, 15) is 4.79 Å². The Bertz CT molecular complexity index is 631. The highest BCUT2D eigenvalue weighted by Gasteiger charge is 2.25. The Morgan fingerprint density at radius 1 is 1.29 bits per heavy atom. The normalized spacial score (nSPS) is 16.1. The number of nitrogens with zero attached hydrogens (tertiary/aromatic N) is 4. The average Bonchev–Trinajstić information content (AvgIpc) is 2.94. The van der Waals surface area contributed by atoms with Gasteiger partial charge in [0, 0.05) is 25.5 Å². The van der Waals surface area contributed by atoms with Crippen LogP contribution in [-0.4, -0.2) is 38.7 Å². The molecule has 0 aliphatic carbocycles. The zero-order valence-corrected chi connectivity index (χ0v) is 12.2. The summed E-state index contributed by atoms with van der Waals surface area (Å²) in [5, 5.41) is 4.77. The lowest BCUT2D eigenvalue weighted by Crippen LogP contribution is -2.39. The predicted molar refractivity (Wildman–Crippen MR) is 80.1 cm³/mol. The smallest absolute Gasteiger partial charge is 0.272 e. The van der Waals surface area contributed by atoms with Gasteiger partial charge in [-0.2, -0.15) is 5.10 Å². The maximum atomic E-state index is 12.3. The number of carbonyl (C=O) groups is 1. The van der Waals surface area contributed by atoms with E-state index in [1.807, 2.05) is 15.8 Å². The lowest BCUT2D eigenvalue weighted by Gasteiger charge is -2.31. The highest BCUT2D eigenvalue weighted by molar-refractivity contribution is 6.30. The summed E-state index contributed by atoms with van der Waals surface area (Å²) < 4.78 is 1.89. The molecule has 0 atom stereocenters. The number of nitrogens with two attached hydrogens (primary N) is 1. The summed E-state index contributed by atoms with van der Waals surface area (Å²) in [4.78, 5) is 18.2. The van der Waals surface area contributed by atoms with Gasteiger partial charge in [-0.15, -0.1) is 0 Å². The number of likely N-dealkylation sites (tertiary alicyclic amines) is 1. The van der Waals surface area contributed by atoms with Gasteiger partial charge in [0.25, 0.3) is 5.91 Å². The number of halogens is 1. The van der Waals surface area contributed by atoms with Gasteiger partial charge in [0.15, 0.2) is 0 Å². The lowest BCUT2D eigenvalue weighted by atomic mass is 10.0. The number of amides is 1. The first-order valence-electron chi connectivity index (χ1n) is 6.85. The highest BCUT2D eigenvalue weighted by atomic mass is 35.5. The van der Waals surface area contributed by atoms with Crippen LogP contribution in [-0.2, 0) is 0 Å². The fourth-order valence-corrected chi connectivity index (χ4v) is 2.67. The van der Waals surface area contributed by atoms with Gasteiger partial charge in [0.2, 0.25) is 0 Å². The molecular weight excluding hydrogens is 290 g/mol. The van der Waals surface area contributed by atoms with E-state index in [2.05, 4.69) is 10.1 Å². The molecule has 0 aromatic carbocycles. The third-order valence-corrected chi connectivity index (χ3v) is 3.92. The van der Waals surface area contributed by atoms with Crippen LogP contribution in [0, 0.1) is 0 Å². The maximum absolute atomic E-state index is 12.3. The van der Waals surface area contributed by atoms with E-state index in [-0.39, 0.29) is 5.91 Å². The largest absolute Gasteiger partial charge is 0.382 e. The molecule has 1 aliphatic rings. The van der Waals surface area contributed by atoms with E-state index in [0.29, 0.717) is 35.7 Å². The van der Waals surface area contributed by atoms with Gasteiger partial charge in [-0.3, -0.25) is 9.48 Å². The van der Waals surface area contributed by atoms with Crippen LogP contribution in [0.5, 0.6) is 0 Å². The van der Waals surface area contributed by atoms with E-state index >= 15 is 0 Å². The Balaban J connectivity index is 1.63. The summed E-state index contributed by atoms with van der Waals surface area (Å²) in [6, 6.07) is 5.42. The molecule has 0 saturated carbocycles. The second kappa shape index (κ2) is 5.73. The van der Waals surface area contributed by atoms with E-state index in [0.717, 1.165) is 12.8 Å². The number of hydrogen-bond acceptors (Lipinski definition) is 4. The zero-order valence-electron chi connectivity index (χ0n) is 11.4. The van der Waals surface area contributed by atoms with Crippen LogP contribution in [0.25, 0.3) is 0 Å². The number of pyridine rings is 1. The number of anilines is 1. The molecule has 6 nitrogen and oxygen atoms in total. The molecule has 1 saturated heterocycles. The molecule has 1 aliphatic heterocycles. The zero-order chi connectivity index (χ0) is 14.8. The Morgan fingerprint density at radius 3 is 2.62 bits per heavy atom. The van der Waals surface area contributed by atoms with Crippen molar-refractivity contribution in [1.82, 2.24) is 19.7 Å². The van der Waals surface area contributed by atoms with Crippen LogP contribution in [0.1, 0.15) is 29.4 Å². The average molecular weight is 306 g/mol. The van der Waals surface area contributed by atoms with Crippen molar-refractivity contribution in [3.05, 3.63) is 41.3 Å².